The predicted molar refractivity (Wildman–Crippen MR) is 102 cm³/mol. The number of allylic oxidation sites excluding steroid dienone is 2. The van der Waals surface area contributed by atoms with Crippen molar-refractivity contribution in [2.45, 2.75) is 52.4 Å². The summed E-state index contributed by atoms with van der Waals surface area (Å²) in [5.41, 5.74) is 3.99. The van der Waals surface area contributed by atoms with Crippen LogP contribution in [0.15, 0.2) is 29.8 Å². The summed E-state index contributed by atoms with van der Waals surface area (Å²) >= 11 is 3.52. The number of carbonyl (C=O) groups is 1. The lowest BCUT2D eigenvalue weighted by molar-refractivity contribution is -0.126. The van der Waals surface area contributed by atoms with E-state index in [0.29, 0.717) is 23.4 Å². The molecule has 1 aromatic carbocycles. The van der Waals surface area contributed by atoms with Gasteiger partial charge < -0.3 is 5.11 Å². The smallest absolute Gasteiger partial charge is 0.134 e. The standard InChI is InChI=1S/C21H27BrO2/c1-14-3-7-18(23)11-15(14)4-5-16-12-19(24)13-21(2)17(9-10-22)6-8-20(16)21/h3,7,9,11,16,20,23H,4-6,8,10,12-13H2,1-2H3. The zero-order chi connectivity index (χ0) is 17.3. The van der Waals surface area contributed by atoms with E-state index in [1.807, 2.05) is 12.1 Å². The molecule has 1 aromatic rings. The highest BCUT2D eigenvalue weighted by Gasteiger charge is 2.50. The fraction of sp³-hybridized carbons (Fsp3) is 0.571. The Morgan fingerprint density at radius 3 is 2.96 bits per heavy atom. The molecule has 3 atom stereocenters. The first-order chi connectivity index (χ1) is 11.4. The van der Waals surface area contributed by atoms with Crippen molar-refractivity contribution in [3.63, 3.8) is 0 Å². The van der Waals surface area contributed by atoms with Gasteiger partial charge in [0.25, 0.3) is 0 Å². The van der Waals surface area contributed by atoms with Crippen molar-refractivity contribution in [3.8, 4) is 5.75 Å². The van der Waals surface area contributed by atoms with Crippen molar-refractivity contribution < 1.29 is 9.90 Å². The molecule has 0 radical (unpaired) electrons. The Labute approximate surface area is 153 Å². The molecule has 0 saturated heterocycles. The minimum Gasteiger partial charge on any atom is -0.508 e. The maximum atomic E-state index is 12.4. The number of phenols is 1. The van der Waals surface area contributed by atoms with Crippen LogP contribution in [-0.2, 0) is 11.2 Å². The number of phenolic OH excluding ortho intramolecular Hbond substituents is 1. The molecule has 3 heteroatoms. The maximum absolute atomic E-state index is 12.4. The fourth-order valence-electron chi connectivity index (χ4n) is 5.07. The molecule has 130 valence electrons. The van der Waals surface area contributed by atoms with E-state index < -0.39 is 0 Å². The molecule has 0 aromatic heterocycles. The third-order valence-corrected chi connectivity index (χ3v) is 6.66. The highest BCUT2D eigenvalue weighted by molar-refractivity contribution is 9.09. The highest BCUT2D eigenvalue weighted by atomic mass is 79.9. The molecule has 2 fully saturated rings. The normalized spacial score (nSPS) is 31.5. The van der Waals surface area contributed by atoms with Crippen molar-refractivity contribution in [3.05, 3.63) is 41.0 Å². The molecular weight excluding hydrogens is 364 g/mol. The topological polar surface area (TPSA) is 37.3 Å². The van der Waals surface area contributed by atoms with Crippen LogP contribution in [-0.4, -0.2) is 16.2 Å². The SMILES string of the molecule is Cc1ccc(O)cc1CCC1CC(=O)CC2(C)C(=CCBr)CCC12. The largest absolute Gasteiger partial charge is 0.508 e. The predicted octanol–water partition coefficient (Wildman–Crippen LogP) is 5.35. The Balaban J connectivity index is 1.77. The Kier molecular flexibility index (Phi) is 5.19. The summed E-state index contributed by atoms with van der Waals surface area (Å²) in [7, 11) is 0. The van der Waals surface area contributed by atoms with Gasteiger partial charge in [0.05, 0.1) is 0 Å². The lowest BCUT2D eigenvalue weighted by Crippen LogP contribution is -2.38. The van der Waals surface area contributed by atoms with Crippen molar-refractivity contribution in [2.75, 3.05) is 5.33 Å². The number of halogens is 1. The molecular formula is C21H27BrO2. The number of benzene rings is 1. The molecule has 0 heterocycles. The van der Waals surface area contributed by atoms with E-state index in [4.69, 9.17) is 0 Å². The molecule has 2 nitrogen and oxygen atoms in total. The Bertz CT molecular complexity index is 664. The van der Waals surface area contributed by atoms with Crippen LogP contribution in [0.2, 0.25) is 0 Å². The van der Waals surface area contributed by atoms with Gasteiger partial charge in [-0.05, 0) is 73.1 Å². The number of alkyl halides is 1. The van der Waals surface area contributed by atoms with E-state index >= 15 is 0 Å². The zero-order valence-corrected chi connectivity index (χ0v) is 16.2. The molecule has 2 aliphatic carbocycles. The Morgan fingerprint density at radius 1 is 1.42 bits per heavy atom. The van der Waals surface area contributed by atoms with Crippen molar-refractivity contribution in [1.29, 1.82) is 0 Å². The van der Waals surface area contributed by atoms with Gasteiger partial charge in [-0.15, -0.1) is 0 Å². The first kappa shape index (κ1) is 17.7. The second kappa shape index (κ2) is 7.03. The van der Waals surface area contributed by atoms with Gasteiger partial charge in [0.1, 0.15) is 11.5 Å². The number of Topliss-reactive ketones (excluding diaryl/α,β-unsaturated/α-hetero) is 1. The van der Waals surface area contributed by atoms with Crippen LogP contribution in [0.5, 0.6) is 5.75 Å². The second-order valence-corrected chi connectivity index (χ2v) is 8.42. The molecule has 24 heavy (non-hydrogen) atoms. The Morgan fingerprint density at radius 2 is 2.21 bits per heavy atom. The number of hydrogen-bond acceptors (Lipinski definition) is 2. The summed E-state index contributed by atoms with van der Waals surface area (Å²) in [5, 5.41) is 10.6. The summed E-state index contributed by atoms with van der Waals surface area (Å²) in [6, 6.07) is 5.60. The molecule has 0 spiro atoms. The summed E-state index contributed by atoms with van der Waals surface area (Å²) in [4.78, 5) is 12.4. The third kappa shape index (κ3) is 3.33. The molecule has 2 saturated carbocycles. The first-order valence-corrected chi connectivity index (χ1v) is 10.1. The van der Waals surface area contributed by atoms with Gasteiger partial charge in [-0.25, -0.2) is 0 Å². The maximum Gasteiger partial charge on any atom is 0.134 e. The number of carbonyl (C=O) groups excluding carboxylic acids is 1. The second-order valence-electron chi connectivity index (χ2n) is 7.78. The van der Waals surface area contributed by atoms with Gasteiger partial charge in [0.15, 0.2) is 0 Å². The summed E-state index contributed by atoms with van der Waals surface area (Å²) < 4.78 is 0. The van der Waals surface area contributed by atoms with Crippen LogP contribution in [0.25, 0.3) is 0 Å². The third-order valence-electron chi connectivity index (χ3n) is 6.34. The first-order valence-electron chi connectivity index (χ1n) is 8.99. The van der Waals surface area contributed by atoms with Gasteiger partial charge >= 0.3 is 0 Å². The number of aryl methyl sites for hydroxylation is 2. The molecule has 3 rings (SSSR count). The van der Waals surface area contributed by atoms with Gasteiger partial charge in [0.2, 0.25) is 0 Å². The highest BCUT2D eigenvalue weighted by Crippen LogP contribution is 2.57. The van der Waals surface area contributed by atoms with E-state index in [1.54, 1.807) is 6.07 Å². The van der Waals surface area contributed by atoms with E-state index in [9.17, 15) is 9.90 Å². The monoisotopic (exact) mass is 390 g/mol. The van der Waals surface area contributed by atoms with E-state index in [-0.39, 0.29) is 5.41 Å². The quantitative estimate of drug-likeness (QED) is 0.555. The van der Waals surface area contributed by atoms with Crippen molar-refractivity contribution >= 4 is 21.7 Å². The number of ketones is 1. The molecule has 0 aliphatic heterocycles. The molecule has 0 bridgehead atoms. The molecule has 1 N–H and O–H groups in total. The average Bonchev–Trinajstić information content (AvgIpc) is 2.85. The lowest BCUT2D eigenvalue weighted by Gasteiger charge is -2.42. The summed E-state index contributed by atoms with van der Waals surface area (Å²) in [5.74, 6) is 1.86. The van der Waals surface area contributed by atoms with Gasteiger partial charge in [-0.2, -0.15) is 0 Å². The van der Waals surface area contributed by atoms with Crippen molar-refractivity contribution in [2.24, 2.45) is 17.3 Å². The lowest BCUT2D eigenvalue weighted by atomic mass is 9.61. The van der Waals surface area contributed by atoms with Crippen LogP contribution in [0.4, 0.5) is 0 Å². The van der Waals surface area contributed by atoms with E-state index in [1.165, 1.54) is 23.1 Å². The van der Waals surface area contributed by atoms with Crippen LogP contribution >= 0.6 is 15.9 Å². The molecule has 0 amide bonds. The van der Waals surface area contributed by atoms with Crippen LogP contribution < -0.4 is 0 Å². The number of fused-ring (bicyclic) bond motifs is 1. The van der Waals surface area contributed by atoms with Gasteiger partial charge in [-0.3, -0.25) is 4.79 Å². The minimum atomic E-state index is 0.0711. The summed E-state index contributed by atoms with van der Waals surface area (Å²) in [6.07, 6.45) is 8.08. The van der Waals surface area contributed by atoms with Crippen LogP contribution in [0.3, 0.4) is 0 Å². The zero-order valence-electron chi connectivity index (χ0n) is 14.6. The number of hydrogen-bond donors (Lipinski definition) is 1. The van der Waals surface area contributed by atoms with Gasteiger partial charge in [-0.1, -0.05) is 40.6 Å². The number of rotatable bonds is 4. The van der Waals surface area contributed by atoms with E-state index in [2.05, 4.69) is 35.9 Å². The number of aromatic hydroxyl groups is 1. The Hall–Kier alpha value is -1.09. The van der Waals surface area contributed by atoms with Gasteiger partial charge in [0, 0.05) is 18.2 Å². The molecule has 3 unspecified atom stereocenters. The molecule has 2 aliphatic rings. The van der Waals surface area contributed by atoms with Crippen molar-refractivity contribution in [1.82, 2.24) is 0 Å². The van der Waals surface area contributed by atoms with Crippen LogP contribution in [0.1, 0.15) is 50.2 Å². The average molecular weight is 391 g/mol. The summed E-state index contributed by atoms with van der Waals surface area (Å²) in [6.45, 7) is 4.40. The fourth-order valence-corrected chi connectivity index (χ4v) is 5.46. The van der Waals surface area contributed by atoms with E-state index in [0.717, 1.165) is 37.4 Å². The minimum absolute atomic E-state index is 0.0711. The van der Waals surface area contributed by atoms with Crippen LogP contribution in [0, 0.1) is 24.2 Å².